The molecule has 1 aromatic carbocycles. The molecule has 1 fully saturated rings. The number of halogens is 1. The Labute approximate surface area is 107 Å². The van der Waals surface area contributed by atoms with Gasteiger partial charge in [0, 0.05) is 12.6 Å². The highest BCUT2D eigenvalue weighted by Crippen LogP contribution is 2.13. The number of amides is 1. The molecule has 2 unspecified atom stereocenters. The fourth-order valence-corrected chi connectivity index (χ4v) is 2.21. The van der Waals surface area contributed by atoms with Crippen molar-refractivity contribution < 1.29 is 9.18 Å². The Kier molecular flexibility index (Phi) is 4.31. The SMILES string of the molecule is CC1CCC(CNC(=O)c2ccccc2F)CN1. The number of benzene rings is 1. The predicted octanol–water partition coefficient (Wildman–Crippen LogP) is 1.94. The summed E-state index contributed by atoms with van der Waals surface area (Å²) in [7, 11) is 0. The maximum absolute atomic E-state index is 13.4. The Balaban J connectivity index is 1.84. The predicted molar refractivity (Wildman–Crippen MR) is 68.9 cm³/mol. The lowest BCUT2D eigenvalue weighted by atomic mass is 9.95. The van der Waals surface area contributed by atoms with Crippen molar-refractivity contribution >= 4 is 5.91 Å². The zero-order chi connectivity index (χ0) is 13.0. The quantitative estimate of drug-likeness (QED) is 0.861. The van der Waals surface area contributed by atoms with E-state index < -0.39 is 5.82 Å². The monoisotopic (exact) mass is 250 g/mol. The van der Waals surface area contributed by atoms with E-state index >= 15 is 0 Å². The summed E-state index contributed by atoms with van der Waals surface area (Å²) in [4.78, 5) is 11.8. The normalized spacial score (nSPS) is 23.7. The number of nitrogens with one attached hydrogen (secondary N) is 2. The van der Waals surface area contributed by atoms with Crippen molar-refractivity contribution in [3.05, 3.63) is 35.6 Å². The third-order valence-corrected chi connectivity index (χ3v) is 3.43. The Morgan fingerprint density at radius 2 is 2.22 bits per heavy atom. The minimum Gasteiger partial charge on any atom is -0.352 e. The maximum atomic E-state index is 13.4. The van der Waals surface area contributed by atoms with Gasteiger partial charge in [-0.3, -0.25) is 4.79 Å². The average molecular weight is 250 g/mol. The summed E-state index contributed by atoms with van der Waals surface area (Å²) < 4.78 is 13.4. The van der Waals surface area contributed by atoms with Gasteiger partial charge in [0.15, 0.2) is 0 Å². The van der Waals surface area contributed by atoms with E-state index in [1.54, 1.807) is 12.1 Å². The van der Waals surface area contributed by atoms with E-state index in [1.807, 2.05) is 0 Å². The molecule has 2 N–H and O–H groups in total. The molecule has 1 aliphatic rings. The van der Waals surface area contributed by atoms with Crippen molar-refractivity contribution in [2.24, 2.45) is 5.92 Å². The zero-order valence-corrected chi connectivity index (χ0v) is 10.6. The largest absolute Gasteiger partial charge is 0.352 e. The summed E-state index contributed by atoms with van der Waals surface area (Å²) >= 11 is 0. The molecule has 0 aliphatic carbocycles. The van der Waals surface area contributed by atoms with Crippen molar-refractivity contribution in [2.75, 3.05) is 13.1 Å². The molecule has 98 valence electrons. The smallest absolute Gasteiger partial charge is 0.254 e. The van der Waals surface area contributed by atoms with Crippen molar-refractivity contribution in [1.29, 1.82) is 0 Å². The van der Waals surface area contributed by atoms with E-state index in [0.29, 0.717) is 18.5 Å². The van der Waals surface area contributed by atoms with Crippen LogP contribution in [-0.2, 0) is 0 Å². The van der Waals surface area contributed by atoms with Crippen LogP contribution in [0.5, 0.6) is 0 Å². The average Bonchev–Trinajstić information content (AvgIpc) is 2.38. The van der Waals surface area contributed by atoms with Crippen LogP contribution in [-0.4, -0.2) is 25.0 Å². The Bertz CT molecular complexity index is 414. The van der Waals surface area contributed by atoms with Gasteiger partial charge in [-0.2, -0.15) is 0 Å². The molecule has 0 aromatic heterocycles. The summed E-state index contributed by atoms with van der Waals surface area (Å²) in [5.74, 6) is -0.353. The van der Waals surface area contributed by atoms with Gasteiger partial charge >= 0.3 is 0 Å². The second-order valence-electron chi connectivity index (χ2n) is 4.94. The van der Waals surface area contributed by atoms with Crippen molar-refractivity contribution in [1.82, 2.24) is 10.6 Å². The van der Waals surface area contributed by atoms with E-state index in [1.165, 1.54) is 12.1 Å². The van der Waals surface area contributed by atoms with Gasteiger partial charge in [-0.1, -0.05) is 12.1 Å². The van der Waals surface area contributed by atoms with Gasteiger partial charge in [-0.05, 0) is 44.4 Å². The first-order valence-corrected chi connectivity index (χ1v) is 6.43. The molecule has 0 radical (unpaired) electrons. The first-order chi connectivity index (χ1) is 8.66. The van der Waals surface area contributed by atoms with Gasteiger partial charge in [0.25, 0.3) is 5.91 Å². The van der Waals surface area contributed by atoms with Crippen molar-refractivity contribution in [3.8, 4) is 0 Å². The van der Waals surface area contributed by atoms with Crippen LogP contribution in [0.4, 0.5) is 4.39 Å². The molecule has 4 heteroatoms. The molecule has 0 bridgehead atoms. The molecule has 1 heterocycles. The summed E-state index contributed by atoms with van der Waals surface area (Å²) in [6.07, 6.45) is 2.23. The van der Waals surface area contributed by atoms with Crippen LogP contribution in [0.2, 0.25) is 0 Å². The highest BCUT2D eigenvalue weighted by atomic mass is 19.1. The molecule has 18 heavy (non-hydrogen) atoms. The van der Waals surface area contributed by atoms with Crippen LogP contribution < -0.4 is 10.6 Å². The second-order valence-corrected chi connectivity index (χ2v) is 4.94. The summed E-state index contributed by atoms with van der Waals surface area (Å²) in [6, 6.07) is 6.62. The van der Waals surface area contributed by atoms with Gasteiger partial charge in [-0.25, -0.2) is 4.39 Å². The van der Waals surface area contributed by atoms with E-state index in [9.17, 15) is 9.18 Å². The van der Waals surface area contributed by atoms with E-state index in [-0.39, 0.29) is 11.5 Å². The topological polar surface area (TPSA) is 41.1 Å². The van der Waals surface area contributed by atoms with E-state index in [4.69, 9.17) is 0 Å². The lowest BCUT2D eigenvalue weighted by Gasteiger charge is -2.27. The Morgan fingerprint density at radius 1 is 1.44 bits per heavy atom. The number of carbonyl (C=O) groups excluding carboxylic acids is 1. The maximum Gasteiger partial charge on any atom is 0.254 e. The summed E-state index contributed by atoms with van der Waals surface area (Å²) in [5.41, 5.74) is 0.120. The zero-order valence-electron chi connectivity index (χ0n) is 10.6. The minimum atomic E-state index is -0.467. The molecule has 2 atom stereocenters. The first-order valence-electron chi connectivity index (χ1n) is 6.43. The highest BCUT2D eigenvalue weighted by molar-refractivity contribution is 5.94. The van der Waals surface area contributed by atoms with Gasteiger partial charge < -0.3 is 10.6 Å². The summed E-state index contributed by atoms with van der Waals surface area (Å²) in [6.45, 7) is 3.68. The van der Waals surface area contributed by atoms with Crippen molar-refractivity contribution in [3.63, 3.8) is 0 Å². The van der Waals surface area contributed by atoms with Crippen LogP contribution in [0.15, 0.2) is 24.3 Å². The summed E-state index contributed by atoms with van der Waals surface area (Å²) in [5, 5.41) is 6.19. The minimum absolute atomic E-state index is 0.120. The van der Waals surface area contributed by atoms with Gasteiger partial charge in [0.1, 0.15) is 5.82 Å². The standard InChI is InChI=1S/C14H19FN2O/c1-10-6-7-11(8-16-10)9-17-14(18)12-4-2-3-5-13(12)15/h2-5,10-11,16H,6-9H2,1H3,(H,17,18). The lowest BCUT2D eigenvalue weighted by molar-refractivity contribution is 0.0940. The number of hydrogen-bond donors (Lipinski definition) is 2. The van der Waals surface area contributed by atoms with Crippen LogP contribution in [0.25, 0.3) is 0 Å². The lowest BCUT2D eigenvalue weighted by Crippen LogP contribution is -2.42. The van der Waals surface area contributed by atoms with E-state index in [0.717, 1.165) is 19.4 Å². The molecular weight excluding hydrogens is 231 g/mol. The first kappa shape index (κ1) is 13.0. The second kappa shape index (κ2) is 5.96. The number of piperidine rings is 1. The molecule has 3 nitrogen and oxygen atoms in total. The molecular formula is C14H19FN2O. The number of carbonyl (C=O) groups is 1. The van der Waals surface area contributed by atoms with Crippen LogP contribution in [0.1, 0.15) is 30.1 Å². The van der Waals surface area contributed by atoms with Gasteiger partial charge in [0.05, 0.1) is 5.56 Å². The fraction of sp³-hybridized carbons (Fsp3) is 0.500. The van der Waals surface area contributed by atoms with Crippen LogP contribution in [0.3, 0.4) is 0 Å². The molecule has 0 spiro atoms. The molecule has 2 rings (SSSR count). The van der Waals surface area contributed by atoms with Crippen LogP contribution >= 0.6 is 0 Å². The molecule has 1 aromatic rings. The van der Waals surface area contributed by atoms with Gasteiger partial charge in [0.2, 0.25) is 0 Å². The highest BCUT2D eigenvalue weighted by Gasteiger charge is 2.18. The third kappa shape index (κ3) is 3.29. The molecule has 1 saturated heterocycles. The van der Waals surface area contributed by atoms with E-state index in [2.05, 4.69) is 17.6 Å². The fourth-order valence-electron chi connectivity index (χ4n) is 2.21. The Hall–Kier alpha value is -1.42. The Morgan fingerprint density at radius 3 is 2.89 bits per heavy atom. The third-order valence-electron chi connectivity index (χ3n) is 3.43. The molecule has 0 saturated carbocycles. The van der Waals surface area contributed by atoms with Crippen LogP contribution in [0, 0.1) is 11.7 Å². The molecule has 1 aliphatic heterocycles. The molecule has 1 amide bonds. The number of rotatable bonds is 3. The number of hydrogen-bond acceptors (Lipinski definition) is 2. The van der Waals surface area contributed by atoms with Crippen molar-refractivity contribution in [2.45, 2.75) is 25.8 Å². The van der Waals surface area contributed by atoms with Gasteiger partial charge in [-0.15, -0.1) is 0 Å².